The van der Waals surface area contributed by atoms with E-state index in [0.717, 1.165) is 11.5 Å². The van der Waals surface area contributed by atoms with Crippen molar-refractivity contribution in [2.45, 2.75) is 12.8 Å². The fraction of sp³-hybridized carbons (Fsp3) is 0.200. The number of benzene rings is 2. The summed E-state index contributed by atoms with van der Waals surface area (Å²) >= 11 is 12.1. The minimum Gasteiger partial charge on any atom is -0.493 e. The van der Waals surface area contributed by atoms with Gasteiger partial charge < -0.3 is 14.2 Å². The third-order valence-electron chi connectivity index (χ3n) is 3.10. The third kappa shape index (κ3) is 8.52. The molecule has 0 saturated heterocycles. The second-order valence-corrected chi connectivity index (χ2v) is 6.06. The van der Waals surface area contributed by atoms with Crippen molar-refractivity contribution in [3.63, 3.8) is 0 Å². The Morgan fingerprint density at radius 1 is 0.680 bits per heavy atom. The molecule has 0 N–H and O–H groups in total. The average molecular weight is 379 g/mol. The molecule has 0 saturated carbocycles. The predicted octanol–water partition coefficient (Wildman–Crippen LogP) is 6.10. The summed E-state index contributed by atoms with van der Waals surface area (Å²) in [7, 11) is 0. The Bertz CT molecular complexity index is 610. The maximum atomic E-state index is 6.07. The van der Waals surface area contributed by atoms with Crippen LogP contribution in [0.4, 0.5) is 0 Å². The quantitative estimate of drug-likeness (QED) is 0.467. The molecule has 0 radical (unpaired) electrons. The van der Waals surface area contributed by atoms with Crippen molar-refractivity contribution in [1.29, 1.82) is 0 Å². The van der Waals surface area contributed by atoms with E-state index in [-0.39, 0.29) is 0 Å². The van der Waals surface area contributed by atoms with Crippen molar-refractivity contribution in [2.24, 2.45) is 0 Å². The lowest BCUT2D eigenvalue weighted by Crippen LogP contribution is -1.97. The monoisotopic (exact) mass is 378 g/mol. The summed E-state index contributed by atoms with van der Waals surface area (Å²) in [4.78, 5) is 0. The highest BCUT2D eigenvalue weighted by atomic mass is 35.5. The topological polar surface area (TPSA) is 27.7 Å². The first-order valence-electron chi connectivity index (χ1n) is 7.94. The molecule has 0 bridgehead atoms. The van der Waals surface area contributed by atoms with Crippen LogP contribution >= 0.6 is 23.2 Å². The Morgan fingerprint density at radius 3 is 1.48 bits per heavy atom. The molecule has 3 nitrogen and oxygen atoms in total. The van der Waals surface area contributed by atoms with Gasteiger partial charge in [0.1, 0.15) is 24.0 Å². The van der Waals surface area contributed by atoms with Crippen molar-refractivity contribution in [3.05, 3.63) is 83.3 Å². The van der Waals surface area contributed by atoms with Crippen molar-refractivity contribution < 1.29 is 14.2 Å². The Balaban J connectivity index is 1.61. The second-order valence-electron chi connectivity index (χ2n) is 5.09. The zero-order valence-corrected chi connectivity index (χ0v) is 15.2. The van der Waals surface area contributed by atoms with E-state index in [1.54, 1.807) is 0 Å². The summed E-state index contributed by atoms with van der Waals surface area (Å²) in [5.74, 6) is 1.63. The largest absolute Gasteiger partial charge is 0.493 e. The molecular formula is C20H20Cl2O3. The molecule has 0 aliphatic carbocycles. The van der Waals surface area contributed by atoms with Crippen LogP contribution in [0.15, 0.2) is 83.3 Å². The average Bonchev–Trinajstić information content (AvgIpc) is 2.63. The summed E-state index contributed by atoms with van der Waals surface area (Å²) in [5, 5.41) is 1.11. The minimum atomic E-state index is 0.477. The van der Waals surface area contributed by atoms with E-state index in [9.17, 15) is 0 Å². The highest BCUT2D eigenvalue weighted by Gasteiger charge is 1.98. The number of para-hydroxylation sites is 2. The highest BCUT2D eigenvalue weighted by molar-refractivity contribution is 6.29. The molecule has 0 unspecified atom stereocenters. The summed E-state index contributed by atoms with van der Waals surface area (Å²) in [6, 6.07) is 19.1. The molecule has 25 heavy (non-hydrogen) atoms. The lowest BCUT2D eigenvalue weighted by atomic mass is 10.3. The van der Waals surface area contributed by atoms with Crippen LogP contribution < -0.4 is 9.47 Å². The molecule has 0 aliphatic heterocycles. The van der Waals surface area contributed by atoms with Crippen LogP contribution in [0.1, 0.15) is 12.8 Å². The summed E-state index contributed by atoms with van der Waals surface area (Å²) in [5.41, 5.74) is 0. The number of ether oxygens (including phenoxy) is 3. The van der Waals surface area contributed by atoms with Crippen LogP contribution in [-0.2, 0) is 4.74 Å². The Morgan fingerprint density at radius 2 is 1.08 bits per heavy atom. The van der Waals surface area contributed by atoms with Crippen LogP contribution in [0, 0.1) is 0 Å². The molecular weight excluding hydrogens is 359 g/mol. The number of hydrogen-bond donors (Lipinski definition) is 0. The van der Waals surface area contributed by atoms with Gasteiger partial charge >= 0.3 is 0 Å². The van der Waals surface area contributed by atoms with Crippen LogP contribution in [-0.4, -0.2) is 13.2 Å². The van der Waals surface area contributed by atoms with E-state index in [1.807, 2.05) is 60.7 Å². The summed E-state index contributed by atoms with van der Waals surface area (Å²) < 4.78 is 16.4. The zero-order valence-electron chi connectivity index (χ0n) is 13.7. The molecule has 0 aliphatic rings. The first-order valence-corrected chi connectivity index (χ1v) is 8.70. The molecule has 0 atom stereocenters. The minimum absolute atomic E-state index is 0.477. The fourth-order valence-corrected chi connectivity index (χ4v) is 2.12. The van der Waals surface area contributed by atoms with E-state index in [2.05, 4.69) is 0 Å². The first-order chi connectivity index (χ1) is 12.2. The van der Waals surface area contributed by atoms with Gasteiger partial charge in [0.15, 0.2) is 0 Å². The normalized spacial score (nSPS) is 11.9. The van der Waals surface area contributed by atoms with Gasteiger partial charge in [-0.15, -0.1) is 0 Å². The van der Waals surface area contributed by atoms with E-state index < -0.39 is 0 Å². The van der Waals surface area contributed by atoms with Gasteiger partial charge in [0.25, 0.3) is 0 Å². The highest BCUT2D eigenvalue weighted by Crippen LogP contribution is 2.14. The lowest BCUT2D eigenvalue weighted by Gasteiger charge is -2.05. The standard InChI is InChI=1S/C20H20Cl2O3/c21-17(11-13-24-19-7-3-1-4-8-19)15-23-16-18(22)12-14-25-20-9-5-2-6-10-20/h1-10,15-16H,11-14H2. The molecule has 5 heteroatoms. The second kappa shape index (κ2) is 11.5. The zero-order chi connectivity index (χ0) is 17.7. The maximum Gasteiger partial charge on any atom is 0.119 e. The maximum absolute atomic E-state index is 6.07. The van der Waals surface area contributed by atoms with Crippen molar-refractivity contribution in [1.82, 2.24) is 0 Å². The van der Waals surface area contributed by atoms with Gasteiger partial charge in [-0.25, -0.2) is 0 Å². The Hall–Kier alpha value is -2.10. The van der Waals surface area contributed by atoms with Crippen LogP contribution in [0.5, 0.6) is 11.5 Å². The van der Waals surface area contributed by atoms with Gasteiger partial charge in [-0.2, -0.15) is 0 Å². The van der Waals surface area contributed by atoms with E-state index in [4.69, 9.17) is 37.4 Å². The lowest BCUT2D eigenvalue weighted by molar-refractivity contribution is 0.317. The molecule has 0 spiro atoms. The van der Waals surface area contributed by atoms with Gasteiger partial charge in [-0.05, 0) is 24.3 Å². The summed E-state index contributed by atoms with van der Waals surface area (Å²) in [6.07, 6.45) is 4.02. The SMILES string of the molecule is ClC(=COC=C(Cl)CCOc1ccccc1)CCOc1ccccc1. The predicted molar refractivity (Wildman–Crippen MR) is 102 cm³/mol. The van der Waals surface area contributed by atoms with Gasteiger partial charge in [0.2, 0.25) is 0 Å². The molecule has 2 aromatic carbocycles. The van der Waals surface area contributed by atoms with Crippen molar-refractivity contribution >= 4 is 23.2 Å². The van der Waals surface area contributed by atoms with Crippen molar-refractivity contribution in [3.8, 4) is 11.5 Å². The van der Waals surface area contributed by atoms with Crippen LogP contribution in [0.2, 0.25) is 0 Å². The fourth-order valence-electron chi connectivity index (χ4n) is 1.87. The number of rotatable bonds is 10. The smallest absolute Gasteiger partial charge is 0.119 e. The van der Waals surface area contributed by atoms with Crippen LogP contribution in [0.25, 0.3) is 0 Å². The molecule has 0 heterocycles. The van der Waals surface area contributed by atoms with E-state index in [0.29, 0.717) is 36.1 Å². The molecule has 0 fully saturated rings. The van der Waals surface area contributed by atoms with Gasteiger partial charge in [-0.1, -0.05) is 59.6 Å². The van der Waals surface area contributed by atoms with Gasteiger partial charge in [0, 0.05) is 12.8 Å². The van der Waals surface area contributed by atoms with E-state index in [1.165, 1.54) is 12.5 Å². The number of halogens is 2. The molecule has 2 aromatic rings. The van der Waals surface area contributed by atoms with Crippen LogP contribution in [0.3, 0.4) is 0 Å². The Labute approximate surface area is 158 Å². The summed E-state index contributed by atoms with van der Waals surface area (Å²) in [6.45, 7) is 0.955. The van der Waals surface area contributed by atoms with E-state index >= 15 is 0 Å². The van der Waals surface area contributed by atoms with Gasteiger partial charge in [0.05, 0.1) is 23.3 Å². The molecule has 2 rings (SSSR count). The van der Waals surface area contributed by atoms with Crippen molar-refractivity contribution in [2.75, 3.05) is 13.2 Å². The van der Waals surface area contributed by atoms with Gasteiger partial charge in [-0.3, -0.25) is 0 Å². The Kier molecular flexibility index (Phi) is 8.81. The molecule has 0 aromatic heterocycles. The number of hydrogen-bond acceptors (Lipinski definition) is 3. The third-order valence-corrected chi connectivity index (χ3v) is 3.65. The first kappa shape index (κ1) is 19.2. The molecule has 0 amide bonds. The molecule has 132 valence electrons.